The summed E-state index contributed by atoms with van der Waals surface area (Å²) in [7, 11) is 0. The van der Waals surface area contributed by atoms with Crippen LogP contribution < -0.4 is 11.3 Å². The molecule has 4 aliphatic rings. The van der Waals surface area contributed by atoms with Crippen molar-refractivity contribution in [3.8, 4) is 0 Å². The summed E-state index contributed by atoms with van der Waals surface area (Å²) >= 11 is 0. The molecular formula is C15H27N3O. The van der Waals surface area contributed by atoms with Gasteiger partial charge in [0, 0.05) is 12.6 Å². The molecule has 0 aromatic heterocycles. The maximum absolute atomic E-state index is 12.5. The summed E-state index contributed by atoms with van der Waals surface area (Å²) < 4.78 is 0. The van der Waals surface area contributed by atoms with Gasteiger partial charge in [0.1, 0.15) is 0 Å². The number of likely N-dealkylation sites (N-methyl/N-ethyl adjacent to an activating group) is 1. The van der Waals surface area contributed by atoms with E-state index in [1.165, 1.54) is 32.1 Å². The molecule has 4 bridgehead atoms. The average Bonchev–Trinajstić information content (AvgIpc) is 2.40. The first-order chi connectivity index (χ1) is 9.13. The molecule has 0 radical (unpaired) electrons. The standard InChI is InChI=1S/C15H27N3O/c1-3-18(15(19)9(2)17-16)14-12-5-10-4-11(7-12)8-13(14)6-10/h9-14,17H,3-8,16H2,1-2H3. The van der Waals surface area contributed by atoms with Crippen LogP contribution in [0.2, 0.25) is 0 Å². The number of nitrogens with zero attached hydrogens (tertiary/aromatic N) is 1. The fourth-order valence-electron chi connectivity index (χ4n) is 5.24. The molecule has 4 rings (SSSR count). The van der Waals surface area contributed by atoms with Crippen LogP contribution in [0.4, 0.5) is 0 Å². The van der Waals surface area contributed by atoms with Crippen LogP contribution in [0.5, 0.6) is 0 Å². The van der Waals surface area contributed by atoms with E-state index >= 15 is 0 Å². The van der Waals surface area contributed by atoms with Gasteiger partial charge in [0.05, 0.1) is 6.04 Å². The molecule has 0 aromatic carbocycles. The lowest BCUT2D eigenvalue weighted by Gasteiger charge is -2.57. The van der Waals surface area contributed by atoms with Gasteiger partial charge in [0.25, 0.3) is 0 Å². The van der Waals surface area contributed by atoms with E-state index in [9.17, 15) is 4.79 Å². The van der Waals surface area contributed by atoms with Crippen LogP contribution in [0.1, 0.15) is 46.0 Å². The van der Waals surface area contributed by atoms with Gasteiger partial charge < -0.3 is 4.90 Å². The fourth-order valence-corrected chi connectivity index (χ4v) is 5.24. The van der Waals surface area contributed by atoms with E-state index in [1.807, 2.05) is 6.92 Å². The van der Waals surface area contributed by atoms with Crippen molar-refractivity contribution < 1.29 is 4.79 Å². The molecule has 19 heavy (non-hydrogen) atoms. The lowest BCUT2D eigenvalue weighted by atomic mass is 9.54. The molecule has 108 valence electrons. The van der Waals surface area contributed by atoms with Crippen LogP contribution in [0.3, 0.4) is 0 Å². The summed E-state index contributed by atoms with van der Waals surface area (Å²) in [4.78, 5) is 14.6. The lowest BCUT2D eigenvalue weighted by Crippen LogP contribution is -2.60. The highest BCUT2D eigenvalue weighted by Gasteiger charge is 2.50. The third-order valence-electron chi connectivity index (χ3n) is 5.78. The van der Waals surface area contributed by atoms with Crippen molar-refractivity contribution >= 4 is 5.91 Å². The van der Waals surface area contributed by atoms with Gasteiger partial charge in [0.2, 0.25) is 5.91 Å². The van der Waals surface area contributed by atoms with Gasteiger partial charge in [-0.25, -0.2) is 5.43 Å². The highest BCUT2D eigenvalue weighted by molar-refractivity contribution is 5.81. The number of nitrogens with one attached hydrogen (secondary N) is 1. The molecule has 4 nitrogen and oxygen atoms in total. The number of rotatable bonds is 4. The van der Waals surface area contributed by atoms with Crippen molar-refractivity contribution in [2.45, 2.75) is 58.0 Å². The predicted octanol–water partition coefficient (Wildman–Crippen LogP) is 1.51. The number of hydrogen-bond acceptors (Lipinski definition) is 3. The third kappa shape index (κ3) is 2.19. The van der Waals surface area contributed by atoms with Crippen molar-refractivity contribution in [1.82, 2.24) is 10.3 Å². The molecule has 4 heteroatoms. The third-order valence-corrected chi connectivity index (χ3v) is 5.78. The number of amides is 1. The lowest BCUT2D eigenvalue weighted by molar-refractivity contribution is -0.145. The minimum Gasteiger partial charge on any atom is -0.338 e. The molecule has 3 N–H and O–H groups in total. The molecule has 0 aromatic rings. The SMILES string of the molecule is CCN(C(=O)C(C)NN)C1C2CC3CC(C2)CC1C3. The van der Waals surface area contributed by atoms with Gasteiger partial charge in [-0.2, -0.15) is 0 Å². The maximum atomic E-state index is 12.5. The van der Waals surface area contributed by atoms with E-state index in [1.54, 1.807) is 0 Å². The fraction of sp³-hybridized carbons (Fsp3) is 0.933. The van der Waals surface area contributed by atoms with Gasteiger partial charge >= 0.3 is 0 Å². The molecule has 0 heterocycles. The second-order valence-corrected chi connectivity index (χ2v) is 6.93. The van der Waals surface area contributed by atoms with Crippen LogP contribution >= 0.6 is 0 Å². The normalized spacial score (nSPS) is 41.3. The highest BCUT2D eigenvalue weighted by Crippen LogP contribution is 2.55. The molecule has 4 saturated carbocycles. The summed E-state index contributed by atoms with van der Waals surface area (Å²) in [6.07, 6.45) is 6.87. The Kier molecular flexibility index (Phi) is 3.56. The molecule has 0 spiro atoms. The zero-order valence-electron chi connectivity index (χ0n) is 12.1. The second-order valence-electron chi connectivity index (χ2n) is 6.93. The summed E-state index contributed by atoms with van der Waals surface area (Å²) in [6, 6.07) is 0.221. The van der Waals surface area contributed by atoms with Crippen LogP contribution in [-0.4, -0.2) is 29.4 Å². The van der Waals surface area contributed by atoms with Crippen molar-refractivity contribution in [2.24, 2.45) is 29.5 Å². The molecular weight excluding hydrogens is 238 g/mol. The molecule has 1 unspecified atom stereocenters. The number of hydrazine groups is 1. The van der Waals surface area contributed by atoms with Crippen molar-refractivity contribution in [3.05, 3.63) is 0 Å². The quantitative estimate of drug-likeness (QED) is 0.598. The Balaban J connectivity index is 1.78. The van der Waals surface area contributed by atoms with Crippen molar-refractivity contribution in [3.63, 3.8) is 0 Å². The van der Waals surface area contributed by atoms with E-state index in [-0.39, 0.29) is 11.9 Å². The zero-order chi connectivity index (χ0) is 13.6. The molecule has 4 aliphatic carbocycles. The van der Waals surface area contributed by atoms with Crippen molar-refractivity contribution in [2.75, 3.05) is 6.54 Å². The topological polar surface area (TPSA) is 58.4 Å². The van der Waals surface area contributed by atoms with E-state index in [0.29, 0.717) is 6.04 Å². The Morgan fingerprint density at radius 1 is 1.21 bits per heavy atom. The van der Waals surface area contributed by atoms with Gasteiger partial charge in [0.15, 0.2) is 0 Å². The number of carbonyl (C=O) groups is 1. The Labute approximate surface area is 116 Å². The average molecular weight is 265 g/mol. The Morgan fingerprint density at radius 2 is 1.74 bits per heavy atom. The van der Waals surface area contributed by atoms with Gasteiger partial charge in [-0.3, -0.25) is 10.6 Å². The summed E-state index contributed by atoms with van der Waals surface area (Å²) in [5.41, 5.74) is 2.61. The summed E-state index contributed by atoms with van der Waals surface area (Å²) in [6.45, 7) is 4.78. The number of nitrogens with two attached hydrogens (primary N) is 1. The highest BCUT2D eigenvalue weighted by atomic mass is 16.2. The predicted molar refractivity (Wildman–Crippen MR) is 75.0 cm³/mol. The minimum atomic E-state index is -0.267. The van der Waals surface area contributed by atoms with Gasteiger partial charge in [-0.1, -0.05) is 0 Å². The Hall–Kier alpha value is -0.610. The Morgan fingerprint density at radius 3 is 2.16 bits per heavy atom. The van der Waals surface area contributed by atoms with Gasteiger partial charge in [-0.05, 0) is 69.6 Å². The largest absolute Gasteiger partial charge is 0.338 e. The summed E-state index contributed by atoms with van der Waals surface area (Å²) in [5, 5.41) is 0. The second kappa shape index (κ2) is 5.06. The van der Waals surface area contributed by atoms with Gasteiger partial charge in [-0.15, -0.1) is 0 Å². The van der Waals surface area contributed by atoms with Crippen LogP contribution in [0.15, 0.2) is 0 Å². The van der Waals surface area contributed by atoms with Crippen LogP contribution in [0.25, 0.3) is 0 Å². The van der Waals surface area contributed by atoms with E-state index in [0.717, 1.165) is 30.2 Å². The zero-order valence-corrected chi connectivity index (χ0v) is 12.1. The maximum Gasteiger partial charge on any atom is 0.241 e. The molecule has 1 atom stereocenters. The van der Waals surface area contributed by atoms with E-state index in [2.05, 4.69) is 17.2 Å². The minimum absolute atomic E-state index is 0.183. The first kappa shape index (κ1) is 13.4. The van der Waals surface area contributed by atoms with E-state index < -0.39 is 0 Å². The molecule has 0 saturated heterocycles. The summed E-state index contributed by atoms with van der Waals surface area (Å²) in [5.74, 6) is 9.05. The molecule has 4 fully saturated rings. The monoisotopic (exact) mass is 265 g/mol. The first-order valence-electron chi connectivity index (χ1n) is 7.90. The first-order valence-corrected chi connectivity index (χ1v) is 7.90. The van der Waals surface area contributed by atoms with Crippen molar-refractivity contribution in [1.29, 1.82) is 0 Å². The van der Waals surface area contributed by atoms with Crippen LogP contribution in [0, 0.1) is 23.7 Å². The molecule has 1 amide bonds. The van der Waals surface area contributed by atoms with E-state index in [4.69, 9.17) is 5.84 Å². The number of carbonyl (C=O) groups excluding carboxylic acids is 1. The Bertz CT molecular complexity index is 329. The molecule has 0 aliphatic heterocycles. The van der Waals surface area contributed by atoms with Crippen LogP contribution in [-0.2, 0) is 4.79 Å². The number of hydrogen-bond donors (Lipinski definition) is 2. The smallest absolute Gasteiger partial charge is 0.241 e.